The summed E-state index contributed by atoms with van der Waals surface area (Å²) in [6.45, 7) is 0. The van der Waals surface area contributed by atoms with Crippen LogP contribution in [0.2, 0.25) is 0 Å². The normalized spacial score (nSPS) is 10.7. The van der Waals surface area contributed by atoms with Crippen molar-refractivity contribution >= 4 is 16.9 Å². The Bertz CT molecular complexity index is 1200. The average Bonchev–Trinajstić information content (AvgIpc) is 2.68. The largest absolute Gasteiger partial charge is 0.423 e. The molecule has 0 saturated carbocycles. The average molecular weight is 360 g/mol. The fourth-order valence-electron chi connectivity index (χ4n) is 2.76. The predicted octanol–water partition coefficient (Wildman–Crippen LogP) is 4.82. The SMILES string of the molecule is O=C(Oc1ccc2cc(-c3ccccc3)c(=O)oc2c1)c1ccccc1F. The number of ether oxygens (including phenoxy) is 1. The Morgan fingerprint density at radius 3 is 2.41 bits per heavy atom. The van der Waals surface area contributed by atoms with Gasteiger partial charge in [-0.15, -0.1) is 0 Å². The number of carbonyl (C=O) groups is 1. The summed E-state index contributed by atoms with van der Waals surface area (Å²) in [6, 6.07) is 21.1. The van der Waals surface area contributed by atoms with Gasteiger partial charge >= 0.3 is 11.6 Å². The van der Waals surface area contributed by atoms with Crippen molar-refractivity contribution < 1.29 is 18.3 Å². The van der Waals surface area contributed by atoms with Crippen molar-refractivity contribution in [3.05, 3.63) is 101 Å². The molecule has 0 bridgehead atoms. The van der Waals surface area contributed by atoms with Crippen LogP contribution in [0, 0.1) is 5.82 Å². The molecule has 0 saturated heterocycles. The molecule has 0 unspecified atom stereocenters. The maximum atomic E-state index is 13.7. The molecule has 0 aliphatic rings. The zero-order chi connectivity index (χ0) is 18.8. The van der Waals surface area contributed by atoms with E-state index in [0.717, 1.165) is 5.56 Å². The van der Waals surface area contributed by atoms with Crippen LogP contribution in [0.3, 0.4) is 0 Å². The van der Waals surface area contributed by atoms with Crippen molar-refractivity contribution in [3.63, 3.8) is 0 Å². The highest BCUT2D eigenvalue weighted by Crippen LogP contribution is 2.25. The van der Waals surface area contributed by atoms with Crippen LogP contribution in [-0.4, -0.2) is 5.97 Å². The van der Waals surface area contributed by atoms with Gasteiger partial charge in [0.2, 0.25) is 0 Å². The summed E-state index contributed by atoms with van der Waals surface area (Å²) in [4.78, 5) is 24.4. The van der Waals surface area contributed by atoms with Crippen molar-refractivity contribution in [1.82, 2.24) is 0 Å². The minimum Gasteiger partial charge on any atom is -0.423 e. The number of rotatable bonds is 3. The van der Waals surface area contributed by atoms with Crippen LogP contribution in [0.25, 0.3) is 22.1 Å². The Balaban J connectivity index is 1.68. The molecule has 0 aliphatic carbocycles. The summed E-state index contributed by atoms with van der Waals surface area (Å²) < 4.78 is 24.3. The maximum absolute atomic E-state index is 13.7. The number of esters is 1. The van der Waals surface area contributed by atoms with E-state index < -0.39 is 17.4 Å². The Labute approximate surface area is 153 Å². The fourth-order valence-corrected chi connectivity index (χ4v) is 2.76. The molecule has 4 aromatic rings. The van der Waals surface area contributed by atoms with Crippen molar-refractivity contribution in [3.8, 4) is 16.9 Å². The summed E-state index contributed by atoms with van der Waals surface area (Å²) >= 11 is 0. The number of benzene rings is 3. The summed E-state index contributed by atoms with van der Waals surface area (Å²) in [5.41, 5.74) is 0.811. The summed E-state index contributed by atoms with van der Waals surface area (Å²) in [5.74, 6) is -1.33. The predicted molar refractivity (Wildman–Crippen MR) is 99.3 cm³/mol. The van der Waals surface area contributed by atoms with Crippen molar-refractivity contribution in [1.29, 1.82) is 0 Å². The lowest BCUT2D eigenvalue weighted by molar-refractivity contribution is 0.0730. The Morgan fingerprint density at radius 1 is 0.889 bits per heavy atom. The van der Waals surface area contributed by atoms with Gasteiger partial charge in [0.1, 0.15) is 17.1 Å². The topological polar surface area (TPSA) is 56.5 Å². The van der Waals surface area contributed by atoms with E-state index in [9.17, 15) is 14.0 Å². The Morgan fingerprint density at radius 2 is 1.63 bits per heavy atom. The molecule has 0 aliphatic heterocycles. The molecular weight excluding hydrogens is 347 g/mol. The van der Waals surface area contributed by atoms with Crippen LogP contribution in [0.4, 0.5) is 4.39 Å². The quantitative estimate of drug-likeness (QED) is 0.299. The molecule has 0 N–H and O–H groups in total. The number of halogens is 1. The molecule has 0 fully saturated rings. The Kier molecular flexibility index (Phi) is 4.26. The molecule has 4 rings (SSSR count). The second-order valence-electron chi connectivity index (χ2n) is 5.88. The molecule has 5 heteroatoms. The number of hydrogen-bond donors (Lipinski definition) is 0. The van der Waals surface area contributed by atoms with Crippen LogP contribution in [0.15, 0.2) is 88.1 Å². The highest BCUT2D eigenvalue weighted by molar-refractivity contribution is 5.92. The second kappa shape index (κ2) is 6.88. The second-order valence-corrected chi connectivity index (χ2v) is 5.88. The number of hydrogen-bond acceptors (Lipinski definition) is 4. The van der Waals surface area contributed by atoms with Gasteiger partial charge in [0, 0.05) is 11.5 Å². The van der Waals surface area contributed by atoms with Gasteiger partial charge in [0.05, 0.1) is 11.1 Å². The van der Waals surface area contributed by atoms with Gasteiger partial charge < -0.3 is 9.15 Å². The third-order valence-electron chi connectivity index (χ3n) is 4.10. The first kappa shape index (κ1) is 16.7. The summed E-state index contributed by atoms with van der Waals surface area (Å²) in [5, 5.41) is 0.680. The molecule has 1 aromatic heterocycles. The van der Waals surface area contributed by atoms with E-state index in [1.165, 1.54) is 24.3 Å². The first-order chi connectivity index (χ1) is 13.1. The fraction of sp³-hybridized carbons (Fsp3) is 0. The van der Waals surface area contributed by atoms with E-state index in [4.69, 9.17) is 9.15 Å². The molecule has 27 heavy (non-hydrogen) atoms. The number of carbonyl (C=O) groups excluding carboxylic acids is 1. The lowest BCUT2D eigenvalue weighted by Gasteiger charge is -2.07. The zero-order valence-corrected chi connectivity index (χ0v) is 14.0. The molecular formula is C22H13FO4. The molecule has 0 radical (unpaired) electrons. The third kappa shape index (κ3) is 3.35. The minimum absolute atomic E-state index is 0.159. The first-order valence-electron chi connectivity index (χ1n) is 8.22. The smallest absolute Gasteiger partial charge is 0.346 e. The molecule has 1 heterocycles. The van der Waals surface area contributed by atoms with Gasteiger partial charge in [-0.3, -0.25) is 0 Å². The zero-order valence-electron chi connectivity index (χ0n) is 14.0. The Hall–Kier alpha value is -3.73. The molecule has 0 amide bonds. The molecule has 0 atom stereocenters. The van der Waals surface area contributed by atoms with Crippen LogP contribution >= 0.6 is 0 Å². The standard InChI is InChI=1S/C22H13FO4/c23-19-9-5-4-8-17(19)21(24)26-16-11-10-15-12-18(14-6-2-1-3-7-14)22(25)27-20(15)13-16/h1-13H. The molecule has 4 nitrogen and oxygen atoms in total. The lowest BCUT2D eigenvalue weighted by atomic mass is 10.1. The third-order valence-corrected chi connectivity index (χ3v) is 4.10. The van der Waals surface area contributed by atoms with Gasteiger partial charge in [-0.25, -0.2) is 14.0 Å². The van der Waals surface area contributed by atoms with Gasteiger partial charge in [-0.2, -0.15) is 0 Å². The molecule has 3 aromatic carbocycles. The van der Waals surface area contributed by atoms with E-state index in [1.54, 1.807) is 24.3 Å². The maximum Gasteiger partial charge on any atom is 0.346 e. The highest BCUT2D eigenvalue weighted by atomic mass is 19.1. The van der Waals surface area contributed by atoms with Crippen LogP contribution in [0.5, 0.6) is 5.75 Å². The van der Waals surface area contributed by atoms with E-state index in [0.29, 0.717) is 10.9 Å². The van der Waals surface area contributed by atoms with Crippen LogP contribution < -0.4 is 10.4 Å². The van der Waals surface area contributed by atoms with E-state index in [1.807, 2.05) is 30.3 Å². The summed E-state index contributed by atoms with van der Waals surface area (Å²) in [6.07, 6.45) is 0. The monoisotopic (exact) mass is 360 g/mol. The lowest BCUT2D eigenvalue weighted by Crippen LogP contribution is -2.10. The van der Waals surface area contributed by atoms with Crippen molar-refractivity contribution in [2.24, 2.45) is 0 Å². The highest BCUT2D eigenvalue weighted by Gasteiger charge is 2.14. The molecule has 132 valence electrons. The van der Waals surface area contributed by atoms with Gasteiger partial charge in [0.25, 0.3) is 0 Å². The van der Waals surface area contributed by atoms with Crippen molar-refractivity contribution in [2.45, 2.75) is 0 Å². The van der Waals surface area contributed by atoms with Gasteiger partial charge in [-0.1, -0.05) is 42.5 Å². The summed E-state index contributed by atoms with van der Waals surface area (Å²) in [7, 11) is 0. The van der Waals surface area contributed by atoms with Crippen molar-refractivity contribution in [2.75, 3.05) is 0 Å². The van der Waals surface area contributed by atoms with E-state index in [-0.39, 0.29) is 16.9 Å². The number of fused-ring (bicyclic) bond motifs is 1. The molecule has 0 spiro atoms. The first-order valence-corrected chi connectivity index (χ1v) is 8.22. The van der Waals surface area contributed by atoms with Crippen LogP contribution in [-0.2, 0) is 0 Å². The van der Waals surface area contributed by atoms with E-state index in [2.05, 4.69) is 0 Å². The van der Waals surface area contributed by atoms with E-state index >= 15 is 0 Å². The van der Waals surface area contributed by atoms with Gasteiger partial charge in [0.15, 0.2) is 0 Å². The van der Waals surface area contributed by atoms with Crippen LogP contribution in [0.1, 0.15) is 10.4 Å². The minimum atomic E-state index is -0.823. The van der Waals surface area contributed by atoms with Gasteiger partial charge in [-0.05, 0) is 35.9 Å².